The van der Waals surface area contributed by atoms with E-state index in [1.165, 1.54) is 13.2 Å². The number of aliphatic imine (C=N–C) groups is 1. The van der Waals surface area contributed by atoms with E-state index in [4.69, 9.17) is 20.9 Å². The van der Waals surface area contributed by atoms with Gasteiger partial charge in [-0.05, 0) is 42.4 Å². The maximum absolute atomic E-state index is 13.0. The lowest BCUT2D eigenvalue weighted by molar-refractivity contribution is -0.121. The Bertz CT molecular complexity index is 1510. The number of carbonyl (C=O) groups is 1. The van der Waals surface area contributed by atoms with Crippen molar-refractivity contribution in [2.45, 2.75) is 51.0 Å². The standard InChI is InChI=1S/C32H35N3O6/c1-40-30-25-7-3-5-20-13-22-12-19(28(38)15-24(36)10-8-18(25)9-11-27(30)37)4-2-6-21(16-35-32(33)34)23-14-26(22)31(29(20)39)41-17-23/h9,11,13,19,21,23,28,37-39H,5-6,8,10,12,14-17H2,1H3,(H4,33,34,35). The number of ketones is 1. The van der Waals surface area contributed by atoms with Crippen molar-refractivity contribution >= 4 is 11.7 Å². The minimum Gasteiger partial charge on any atom is -0.504 e. The van der Waals surface area contributed by atoms with Gasteiger partial charge in [0.15, 0.2) is 29.0 Å². The number of nitrogens with zero attached hydrogens (tertiary/aromatic N) is 1. The van der Waals surface area contributed by atoms with E-state index in [2.05, 4.69) is 28.7 Å². The molecular weight excluding hydrogens is 522 g/mol. The second-order valence-electron chi connectivity index (χ2n) is 10.9. The van der Waals surface area contributed by atoms with Crippen molar-refractivity contribution in [3.05, 3.63) is 46.0 Å². The third-order valence-electron chi connectivity index (χ3n) is 8.20. The molecule has 7 N–H and O–H groups in total. The number of nitrogens with two attached hydrogens (primary N) is 2. The number of carbonyl (C=O) groups excluding carboxylic acids is 1. The highest BCUT2D eigenvalue weighted by Gasteiger charge is 2.33. The zero-order valence-electron chi connectivity index (χ0n) is 23.1. The SMILES string of the molecule is COc1c(O)ccc2c1C#CCc1cc3c4c(c1O)OCC(C4)C(CN=C(N)N)CC#CC(C3)C(O)CC(=O)CC2. The van der Waals surface area contributed by atoms with Crippen LogP contribution in [0.15, 0.2) is 23.2 Å². The number of Topliss-reactive ketones (excluding diaryl/α,β-unsaturated/α-hetero) is 1. The average Bonchev–Trinajstić information content (AvgIpc) is 2.95. The summed E-state index contributed by atoms with van der Waals surface area (Å²) in [4.78, 5) is 17.3. The molecule has 2 aromatic carbocycles. The first-order chi connectivity index (χ1) is 19.7. The number of benzene rings is 2. The monoisotopic (exact) mass is 557 g/mol. The first-order valence-corrected chi connectivity index (χ1v) is 13.9. The zero-order chi connectivity index (χ0) is 29.1. The number of aryl methyl sites for hydroxylation is 1. The smallest absolute Gasteiger partial charge is 0.185 e. The normalized spacial score (nSPS) is 23.3. The summed E-state index contributed by atoms with van der Waals surface area (Å²) in [5.74, 6) is 12.9. The van der Waals surface area contributed by atoms with Gasteiger partial charge in [0, 0.05) is 49.3 Å². The Morgan fingerprint density at radius 2 is 1.95 bits per heavy atom. The average molecular weight is 558 g/mol. The molecule has 3 aliphatic rings. The molecule has 0 aromatic heterocycles. The van der Waals surface area contributed by atoms with Crippen molar-refractivity contribution in [1.29, 1.82) is 0 Å². The van der Waals surface area contributed by atoms with Gasteiger partial charge in [-0.25, -0.2) is 0 Å². The predicted octanol–water partition coefficient (Wildman–Crippen LogP) is 1.97. The van der Waals surface area contributed by atoms with Crippen LogP contribution in [0, 0.1) is 41.4 Å². The second-order valence-corrected chi connectivity index (χ2v) is 10.9. The van der Waals surface area contributed by atoms with Gasteiger partial charge in [-0.3, -0.25) is 9.79 Å². The molecule has 0 fully saturated rings. The van der Waals surface area contributed by atoms with Crippen LogP contribution in [-0.4, -0.2) is 53.4 Å². The van der Waals surface area contributed by atoms with E-state index in [0.717, 1.165) is 16.7 Å². The number of phenols is 2. The topological polar surface area (TPSA) is 161 Å². The van der Waals surface area contributed by atoms with Crippen LogP contribution in [0.2, 0.25) is 0 Å². The maximum atomic E-state index is 13.0. The summed E-state index contributed by atoms with van der Waals surface area (Å²) in [6, 6.07) is 5.15. The number of aliphatic hydroxyl groups excluding tert-OH is 1. The maximum Gasteiger partial charge on any atom is 0.185 e. The van der Waals surface area contributed by atoms with Crippen molar-refractivity contribution in [3.63, 3.8) is 0 Å². The van der Waals surface area contributed by atoms with E-state index in [9.17, 15) is 20.1 Å². The van der Waals surface area contributed by atoms with Crippen LogP contribution in [0.1, 0.15) is 47.1 Å². The molecule has 1 heterocycles. The number of fused-ring (bicyclic) bond motifs is 4. The quantitative estimate of drug-likeness (QED) is 0.218. The Kier molecular flexibility index (Phi) is 8.28. The Labute approximate surface area is 239 Å². The van der Waals surface area contributed by atoms with Crippen molar-refractivity contribution in [3.8, 4) is 46.7 Å². The number of ether oxygens (including phenoxy) is 2. The van der Waals surface area contributed by atoms with Gasteiger partial charge in [-0.2, -0.15) is 0 Å². The summed E-state index contributed by atoms with van der Waals surface area (Å²) >= 11 is 0. The summed E-state index contributed by atoms with van der Waals surface area (Å²) in [6.45, 7) is 0.770. The van der Waals surface area contributed by atoms with E-state index in [0.29, 0.717) is 55.7 Å². The Morgan fingerprint density at radius 1 is 1.12 bits per heavy atom. The summed E-state index contributed by atoms with van der Waals surface area (Å²) in [5, 5.41) is 32.9. The molecule has 5 rings (SSSR count). The number of methoxy groups -OCH3 is 1. The molecule has 41 heavy (non-hydrogen) atoms. The highest BCUT2D eigenvalue weighted by atomic mass is 16.5. The van der Waals surface area contributed by atoms with Gasteiger partial charge in [-0.1, -0.05) is 29.9 Å². The van der Waals surface area contributed by atoms with Gasteiger partial charge >= 0.3 is 0 Å². The first-order valence-electron chi connectivity index (χ1n) is 13.9. The molecule has 214 valence electrons. The molecule has 2 aromatic rings. The van der Waals surface area contributed by atoms with Crippen molar-refractivity contribution in [2.75, 3.05) is 20.3 Å². The molecular formula is C32H35N3O6. The molecule has 0 spiro atoms. The van der Waals surface area contributed by atoms with Crippen molar-refractivity contribution < 1.29 is 29.6 Å². The number of hydrogen-bond acceptors (Lipinski definition) is 7. The van der Waals surface area contributed by atoms with Crippen molar-refractivity contribution in [1.82, 2.24) is 0 Å². The number of hydrogen-bond donors (Lipinski definition) is 5. The van der Waals surface area contributed by atoms with Crippen LogP contribution in [0.3, 0.4) is 0 Å². The van der Waals surface area contributed by atoms with Crippen LogP contribution in [0.25, 0.3) is 0 Å². The van der Waals surface area contributed by atoms with Gasteiger partial charge < -0.3 is 36.3 Å². The highest BCUT2D eigenvalue weighted by molar-refractivity contribution is 5.79. The fraction of sp³-hybridized carbons (Fsp3) is 0.438. The number of aliphatic hydroxyl groups is 1. The van der Waals surface area contributed by atoms with Crippen LogP contribution in [0.4, 0.5) is 0 Å². The second kappa shape index (κ2) is 12.0. The molecule has 0 saturated heterocycles. The molecule has 1 aliphatic heterocycles. The van der Waals surface area contributed by atoms with E-state index in [1.54, 1.807) is 6.07 Å². The lowest BCUT2D eigenvalue weighted by atomic mass is 9.78. The molecule has 0 radical (unpaired) electrons. The molecule has 2 aliphatic carbocycles. The lowest BCUT2D eigenvalue weighted by Crippen LogP contribution is -2.33. The summed E-state index contributed by atoms with van der Waals surface area (Å²) in [7, 11) is 1.45. The van der Waals surface area contributed by atoms with Crippen LogP contribution >= 0.6 is 0 Å². The first kappa shape index (κ1) is 28.2. The minimum absolute atomic E-state index is 0.00909. The Balaban J connectivity index is 1.62. The van der Waals surface area contributed by atoms with E-state index >= 15 is 0 Å². The Hall–Kier alpha value is -4.34. The highest BCUT2D eigenvalue weighted by Crippen LogP contribution is 2.44. The molecule has 0 amide bonds. The largest absolute Gasteiger partial charge is 0.504 e. The van der Waals surface area contributed by atoms with Gasteiger partial charge in [0.25, 0.3) is 0 Å². The van der Waals surface area contributed by atoms with Gasteiger partial charge in [0.2, 0.25) is 0 Å². The van der Waals surface area contributed by atoms with Crippen LogP contribution < -0.4 is 20.9 Å². The zero-order valence-corrected chi connectivity index (χ0v) is 23.1. The number of guanidine groups is 1. The van der Waals surface area contributed by atoms with Gasteiger partial charge in [-0.15, -0.1) is 5.92 Å². The third-order valence-corrected chi connectivity index (χ3v) is 8.20. The third kappa shape index (κ3) is 6.06. The minimum atomic E-state index is -0.978. The summed E-state index contributed by atoms with van der Waals surface area (Å²) in [6.07, 6.45) is 1.31. The van der Waals surface area contributed by atoms with Crippen LogP contribution in [-0.2, 0) is 30.5 Å². The van der Waals surface area contributed by atoms with Gasteiger partial charge in [0.1, 0.15) is 5.78 Å². The summed E-state index contributed by atoms with van der Waals surface area (Å²) < 4.78 is 11.6. The fourth-order valence-corrected chi connectivity index (χ4v) is 5.90. The van der Waals surface area contributed by atoms with Crippen molar-refractivity contribution in [2.24, 2.45) is 34.2 Å². The molecule has 9 heteroatoms. The van der Waals surface area contributed by atoms with E-state index < -0.39 is 12.0 Å². The lowest BCUT2D eigenvalue weighted by Gasteiger charge is -2.33. The predicted molar refractivity (Wildman–Crippen MR) is 154 cm³/mol. The van der Waals surface area contributed by atoms with E-state index in [-0.39, 0.29) is 60.1 Å². The van der Waals surface area contributed by atoms with Gasteiger partial charge in [0.05, 0.1) is 31.3 Å². The van der Waals surface area contributed by atoms with Crippen LogP contribution in [0.5, 0.6) is 23.0 Å². The van der Waals surface area contributed by atoms with E-state index in [1.807, 2.05) is 6.07 Å². The Morgan fingerprint density at radius 3 is 2.73 bits per heavy atom. The number of rotatable bonds is 3. The molecule has 5 bridgehead atoms. The summed E-state index contributed by atoms with van der Waals surface area (Å²) in [5.41, 5.74) is 14.8. The number of aromatic hydroxyl groups is 2. The molecule has 4 unspecified atom stereocenters. The molecule has 0 saturated carbocycles. The molecule has 4 atom stereocenters. The molecule has 9 nitrogen and oxygen atoms in total. The number of phenolic OH excluding ortho intramolecular Hbond substituents is 2. The fourth-order valence-electron chi connectivity index (χ4n) is 5.90.